The summed E-state index contributed by atoms with van der Waals surface area (Å²) in [5, 5.41) is 16.1. The van der Waals surface area contributed by atoms with E-state index in [9.17, 15) is 9.90 Å². The van der Waals surface area contributed by atoms with Crippen molar-refractivity contribution in [2.75, 3.05) is 12.3 Å². The van der Waals surface area contributed by atoms with Crippen LogP contribution in [-0.2, 0) is 0 Å². The van der Waals surface area contributed by atoms with Crippen LogP contribution in [0.5, 0.6) is 0 Å². The van der Waals surface area contributed by atoms with E-state index in [0.717, 1.165) is 31.4 Å². The molecular formula is C13H24N2O2S. The van der Waals surface area contributed by atoms with Crippen molar-refractivity contribution in [3.05, 3.63) is 0 Å². The average Bonchev–Trinajstić information content (AvgIpc) is 3.10. The third-order valence-electron chi connectivity index (χ3n) is 3.76. The predicted octanol–water partition coefficient (Wildman–Crippen LogP) is 1.73. The van der Waals surface area contributed by atoms with Crippen LogP contribution in [0.15, 0.2) is 0 Å². The van der Waals surface area contributed by atoms with Crippen molar-refractivity contribution in [1.82, 2.24) is 10.6 Å². The van der Waals surface area contributed by atoms with Gasteiger partial charge in [-0.2, -0.15) is 11.8 Å². The molecule has 0 saturated heterocycles. The van der Waals surface area contributed by atoms with Crippen molar-refractivity contribution in [3.63, 3.8) is 0 Å². The van der Waals surface area contributed by atoms with Gasteiger partial charge in [0.2, 0.25) is 0 Å². The van der Waals surface area contributed by atoms with Gasteiger partial charge in [-0.3, -0.25) is 0 Å². The summed E-state index contributed by atoms with van der Waals surface area (Å²) in [6.45, 7) is 2.56. The number of carbonyl (C=O) groups is 1. The van der Waals surface area contributed by atoms with E-state index in [2.05, 4.69) is 17.6 Å². The maximum atomic E-state index is 11.7. The highest BCUT2D eigenvalue weighted by Crippen LogP contribution is 2.32. The number of aliphatic hydroxyl groups is 1. The third-order valence-corrected chi connectivity index (χ3v) is 4.99. The lowest BCUT2D eigenvalue weighted by molar-refractivity contribution is 0.149. The van der Waals surface area contributed by atoms with E-state index in [1.54, 1.807) is 0 Å². The van der Waals surface area contributed by atoms with Crippen LogP contribution in [0.1, 0.15) is 39.0 Å². The van der Waals surface area contributed by atoms with E-state index < -0.39 is 0 Å². The standard InChI is InChI=1S/C13H24N2O2S/c1-2-18-11-6-5-10(7-11)15-13(17)14-8-12(16)9-3-4-9/h9-12,16H,2-8H2,1H3,(H2,14,15,17)/t10-,11-,12+/m1/s1. The molecule has 3 N–H and O–H groups in total. The molecule has 0 aromatic heterocycles. The summed E-state index contributed by atoms with van der Waals surface area (Å²) in [4.78, 5) is 11.7. The summed E-state index contributed by atoms with van der Waals surface area (Å²) in [6.07, 6.45) is 5.20. The van der Waals surface area contributed by atoms with Gasteiger partial charge in [-0.1, -0.05) is 6.92 Å². The first kappa shape index (κ1) is 14.0. The molecule has 2 aliphatic rings. The molecule has 2 fully saturated rings. The quantitative estimate of drug-likeness (QED) is 0.690. The summed E-state index contributed by atoms with van der Waals surface area (Å²) in [6, 6.07) is 0.189. The number of hydrogen-bond donors (Lipinski definition) is 3. The molecule has 0 aromatic rings. The molecule has 0 radical (unpaired) electrons. The summed E-state index contributed by atoms with van der Waals surface area (Å²) in [7, 11) is 0. The van der Waals surface area contributed by atoms with Crippen molar-refractivity contribution in [3.8, 4) is 0 Å². The highest BCUT2D eigenvalue weighted by atomic mass is 32.2. The molecule has 2 rings (SSSR count). The van der Waals surface area contributed by atoms with Crippen LogP contribution in [0.4, 0.5) is 4.79 Å². The van der Waals surface area contributed by atoms with Crippen molar-refractivity contribution in [2.24, 2.45) is 5.92 Å². The van der Waals surface area contributed by atoms with E-state index in [-0.39, 0.29) is 12.1 Å². The molecule has 0 heterocycles. The molecule has 0 unspecified atom stereocenters. The first-order valence-electron chi connectivity index (χ1n) is 7.03. The van der Waals surface area contributed by atoms with E-state index in [1.807, 2.05) is 11.8 Å². The molecule has 0 bridgehead atoms. The molecule has 4 nitrogen and oxygen atoms in total. The molecule has 0 aromatic carbocycles. The van der Waals surface area contributed by atoms with E-state index in [0.29, 0.717) is 23.8 Å². The van der Waals surface area contributed by atoms with Crippen molar-refractivity contribution in [2.45, 2.75) is 56.4 Å². The van der Waals surface area contributed by atoms with Gasteiger partial charge in [0.25, 0.3) is 0 Å². The fourth-order valence-corrected chi connectivity index (χ4v) is 3.68. The topological polar surface area (TPSA) is 61.4 Å². The molecule has 5 heteroatoms. The second-order valence-electron chi connectivity index (χ2n) is 5.35. The van der Waals surface area contributed by atoms with E-state index in [4.69, 9.17) is 0 Å². The molecular weight excluding hydrogens is 248 g/mol. The Bertz CT molecular complexity index is 284. The lowest BCUT2D eigenvalue weighted by atomic mass is 10.2. The minimum atomic E-state index is -0.359. The number of aliphatic hydroxyl groups excluding tert-OH is 1. The lowest BCUT2D eigenvalue weighted by Crippen LogP contribution is -2.44. The van der Waals surface area contributed by atoms with Crippen LogP contribution in [0.2, 0.25) is 0 Å². The number of hydrogen-bond acceptors (Lipinski definition) is 3. The predicted molar refractivity (Wildman–Crippen MR) is 74.8 cm³/mol. The Morgan fingerprint density at radius 2 is 2.17 bits per heavy atom. The zero-order chi connectivity index (χ0) is 13.0. The Morgan fingerprint density at radius 3 is 2.83 bits per heavy atom. The van der Waals surface area contributed by atoms with Crippen molar-refractivity contribution < 1.29 is 9.90 Å². The number of urea groups is 1. The summed E-state index contributed by atoms with van der Waals surface area (Å²) < 4.78 is 0. The van der Waals surface area contributed by atoms with Crippen LogP contribution in [0.3, 0.4) is 0 Å². The van der Waals surface area contributed by atoms with Gasteiger partial charge in [-0.25, -0.2) is 4.79 Å². The Labute approximate surface area is 113 Å². The Kier molecular flexibility index (Phi) is 5.18. The minimum absolute atomic E-state index is 0.123. The molecule has 2 saturated carbocycles. The number of amides is 2. The average molecular weight is 272 g/mol. The number of thioether (sulfide) groups is 1. The molecule has 0 spiro atoms. The number of nitrogens with one attached hydrogen (secondary N) is 2. The van der Waals surface area contributed by atoms with Gasteiger partial charge in [0.1, 0.15) is 0 Å². The van der Waals surface area contributed by atoms with Gasteiger partial charge in [0.15, 0.2) is 0 Å². The van der Waals surface area contributed by atoms with Gasteiger partial charge in [0, 0.05) is 17.8 Å². The normalized spacial score (nSPS) is 29.0. The molecule has 2 aliphatic carbocycles. The van der Waals surface area contributed by atoms with E-state index in [1.165, 1.54) is 6.42 Å². The van der Waals surface area contributed by atoms with Crippen molar-refractivity contribution in [1.29, 1.82) is 0 Å². The van der Waals surface area contributed by atoms with Crippen LogP contribution in [-0.4, -0.2) is 40.8 Å². The van der Waals surface area contributed by atoms with Gasteiger partial charge in [0.05, 0.1) is 6.10 Å². The van der Waals surface area contributed by atoms with Crippen LogP contribution in [0.25, 0.3) is 0 Å². The van der Waals surface area contributed by atoms with Crippen molar-refractivity contribution >= 4 is 17.8 Å². The Morgan fingerprint density at radius 1 is 1.39 bits per heavy atom. The fraction of sp³-hybridized carbons (Fsp3) is 0.923. The van der Waals surface area contributed by atoms with Gasteiger partial charge in [-0.05, 0) is 43.8 Å². The lowest BCUT2D eigenvalue weighted by Gasteiger charge is -2.15. The third kappa shape index (κ3) is 4.35. The van der Waals surface area contributed by atoms with Crippen LogP contribution < -0.4 is 10.6 Å². The maximum Gasteiger partial charge on any atom is 0.315 e. The molecule has 2 amide bonds. The molecule has 104 valence electrons. The zero-order valence-corrected chi connectivity index (χ0v) is 11.8. The largest absolute Gasteiger partial charge is 0.391 e. The first-order valence-corrected chi connectivity index (χ1v) is 8.08. The summed E-state index contributed by atoms with van der Waals surface area (Å²) >= 11 is 1.99. The van der Waals surface area contributed by atoms with E-state index >= 15 is 0 Å². The van der Waals surface area contributed by atoms with Crippen LogP contribution in [0, 0.1) is 5.92 Å². The highest BCUT2D eigenvalue weighted by Gasteiger charge is 2.30. The van der Waals surface area contributed by atoms with Gasteiger partial charge < -0.3 is 15.7 Å². The first-order chi connectivity index (χ1) is 8.69. The second kappa shape index (κ2) is 6.66. The highest BCUT2D eigenvalue weighted by molar-refractivity contribution is 7.99. The van der Waals surface area contributed by atoms with Gasteiger partial charge >= 0.3 is 6.03 Å². The summed E-state index contributed by atoms with van der Waals surface area (Å²) in [5.74, 6) is 1.57. The smallest absolute Gasteiger partial charge is 0.315 e. The number of rotatable bonds is 6. The monoisotopic (exact) mass is 272 g/mol. The second-order valence-corrected chi connectivity index (χ2v) is 6.92. The molecule has 18 heavy (non-hydrogen) atoms. The van der Waals surface area contributed by atoms with Crippen LogP contribution >= 0.6 is 11.8 Å². The fourth-order valence-electron chi connectivity index (χ4n) is 2.54. The summed E-state index contributed by atoms with van der Waals surface area (Å²) in [5.41, 5.74) is 0. The molecule has 3 atom stereocenters. The zero-order valence-electron chi connectivity index (χ0n) is 11.0. The Hall–Kier alpha value is -0.420. The maximum absolute atomic E-state index is 11.7. The molecule has 0 aliphatic heterocycles. The Balaban J connectivity index is 1.59. The number of carbonyl (C=O) groups excluding carboxylic acids is 1. The SMILES string of the molecule is CCS[C@@H]1CC[C@@H](NC(=O)NC[C@H](O)C2CC2)C1. The van der Waals surface area contributed by atoms with Gasteiger partial charge in [-0.15, -0.1) is 0 Å². The minimum Gasteiger partial charge on any atom is -0.391 e.